The Morgan fingerprint density at radius 1 is 1.33 bits per heavy atom. The summed E-state index contributed by atoms with van der Waals surface area (Å²) in [6, 6.07) is 6.21. The summed E-state index contributed by atoms with van der Waals surface area (Å²) >= 11 is 9.35. The zero-order chi connectivity index (χ0) is 15.0. The second-order valence-corrected chi connectivity index (χ2v) is 8.95. The fraction of sp³-hybridized carbons (Fsp3) is 0.500. The van der Waals surface area contributed by atoms with Gasteiger partial charge in [-0.2, -0.15) is 0 Å². The van der Waals surface area contributed by atoms with E-state index in [4.69, 9.17) is 11.6 Å². The van der Waals surface area contributed by atoms with Crippen molar-refractivity contribution in [3.8, 4) is 0 Å². The minimum absolute atomic E-state index is 0.193. The maximum atomic E-state index is 11.6. The van der Waals surface area contributed by atoms with Crippen molar-refractivity contribution in [2.45, 2.75) is 25.3 Å². The SMILES string of the molecule is O=S1(=O)CCC(n2c(CCCl)nc3cc(Br)ccc32)CC1. The van der Waals surface area contributed by atoms with Gasteiger partial charge in [0.1, 0.15) is 15.7 Å². The minimum Gasteiger partial charge on any atom is -0.325 e. The fourth-order valence-corrected chi connectivity index (χ4v) is 4.91. The molecule has 4 nitrogen and oxygen atoms in total. The Morgan fingerprint density at radius 2 is 2.05 bits per heavy atom. The molecule has 0 N–H and O–H groups in total. The number of halogens is 2. The lowest BCUT2D eigenvalue weighted by atomic mass is 10.1. The Labute approximate surface area is 137 Å². The van der Waals surface area contributed by atoms with Crippen LogP contribution in [0.3, 0.4) is 0 Å². The fourth-order valence-electron chi connectivity index (χ4n) is 2.93. The van der Waals surface area contributed by atoms with E-state index >= 15 is 0 Å². The lowest BCUT2D eigenvalue weighted by Crippen LogP contribution is -2.26. The van der Waals surface area contributed by atoms with Crippen molar-refractivity contribution in [3.05, 3.63) is 28.5 Å². The summed E-state index contributed by atoms with van der Waals surface area (Å²) in [5, 5.41) is 0. The number of benzene rings is 1. The predicted molar refractivity (Wildman–Crippen MR) is 88.8 cm³/mol. The van der Waals surface area contributed by atoms with E-state index in [1.165, 1.54) is 0 Å². The smallest absolute Gasteiger partial charge is 0.150 e. The molecule has 0 spiro atoms. The van der Waals surface area contributed by atoms with Gasteiger partial charge in [-0.05, 0) is 31.0 Å². The molecule has 3 rings (SSSR count). The molecule has 1 aromatic heterocycles. The molecule has 1 aromatic carbocycles. The highest BCUT2D eigenvalue weighted by Gasteiger charge is 2.27. The molecule has 0 amide bonds. The second kappa shape index (κ2) is 5.89. The Bertz CT molecular complexity index is 759. The van der Waals surface area contributed by atoms with Crippen LogP contribution in [0.25, 0.3) is 11.0 Å². The van der Waals surface area contributed by atoms with Crippen molar-refractivity contribution in [2.24, 2.45) is 0 Å². The molecule has 1 aliphatic heterocycles. The van der Waals surface area contributed by atoms with Gasteiger partial charge in [0, 0.05) is 22.8 Å². The van der Waals surface area contributed by atoms with E-state index in [9.17, 15) is 8.42 Å². The van der Waals surface area contributed by atoms with Gasteiger partial charge in [0.05, 0.1) is 22.5 Å². The molecule has 114 valence electrons. The molecule has 0 bridgehead atoms. The summed E-state index contributed by atoms with van der Waals surface area (Å²) < 4.78 is 26.4. The first-order valence-corrected chi connectivity index (χ1v) is 10.1. The first kappa shape index (κ1) is 15.3. The summed E-state index contributed by atoms with van der Waals surface area (Å²) in [6.45, 7) is 0. The van der Waals surface area contributed by atoms with Gasteiger partial charge >= 0.3 is 0 Å². The highest BCUT2D eigenvalue weighted by molar-refractivity contribution is 9.10. The zero-order valence-corrected chi connectivity index (χ0v) is 14.6. The molecule has 21 heavy (non-hydrogen) atoms. The van der Waals surface area contributed by atoms with Gasteiger partial charge in [-0.25, -0.2) is 13.4 Å². The van der Waals surface area contributed by atoms with E-state index in [1.54, 1.807) is 0 Å². The van der Waals surface area contributed by atoms with Gasteiger partial charge in [-0.1, -0.05) is 15.9 Å². The highest BCUT2D eigenvalue weighted by atomic mass is 79.9. The van der Waals surface area contributed by atoms with Gasteiger partial charge in [0.2, 0.25) is 0 Å². The van der Waals surface area contributed by atoms with E-state index < -0.39 is 9.84 Å². The van der Waals surface area contributed by atoms with Crippen LogP contribution in [0.4, 0.5) is 0 Å². The van der Waals surface area contributed by atoms with Crippen LogP contribution in [0, 0.1) is 0 Å². The summed E-state index contributed by atoms with van der Waals surface area (Å²) in [5.41, 5.74) is 1.99. The topological polar surface area (TPSA) is 52.0 Å². The monoisotopic (exact) mass is 390 g/mol. The van der Waals surface area contributed by atoms with Gasteiger partial charge in [0.25, 0.3) is 0 Å². The lowest BCUT2D eigenvalue weighted by Gasteiger charge is -2.25. The number of imidazole rings is 1. The number of nitrogens with zero attached hydrogens (tertiary/aromatic N) is 2. The number of aromatic nitrogens is 2. The largest absolute Gasteiger partial charge is 0.325 e. The van der Waals surface area contributed by atoms with Crippen LogP contribution in [0.1, 0.15) is 24.7 Å². The summed E-state index contributed by atoms with van der Waals surface area (Å²) in [7, 11) is -2.86. The number of fused-ring (bicyclic) bond motifs is 1. The van der Waals surface area contributed by atoms with E-state index in [-0.39, 0.29) is 17.5 Å². The van der Waals surface area contributed by atoms with Crippen LogP contribution in [-0.2, 0) is 16.3 Å². The van der Waals surface area contributed by atoms with Crippen LogP contribution < -0.4 is 0 Å². The molecule has 1 aliphatic rings. The van der Waals surface area contributed by atoms with Crippen molar-refractivity contribution in [2.75, 3.05) is 17.4 Å². The van der Waals surface area contributed by atoms with Crippen molar-refractivity contribution in [1.82, 2.24) is 9.55 Å². The third kappa shape index (κ3) is 3.12. The molecule has 0 atom stereocenters. The van der Waals surface area contributed by atoms with E-state index in [0.717, 1.165) is 21.3 Å². The summed E-state index contributed by atoms with van der Waals surface area (Å²) in [5.74, 6) is 1.97. The Kier molecular flexibility index (Phi) is 4.30. The molecule has 0 radical (unpaired) electrons. The van der Waals surface area contributed by atoms with E-state index in [1.807, 2.05) is 18.2 Å². The Morgan fingerprint density at radius 3 is 2.71 bits per heavy atom. The maximum Gasteiger partial charge on any atom is 0.150 e. The molecule has 0 aliphatic carbocycles. The molecule has 0 unspecified atom stereocenters. The molecular weight excluding hydrogens is 376 g/mol. The minimum atomic E-state index is -2.86. The molecule has 1 saturated heterocycles. The van der Waals surface area contributed by atoms with Crippen LogP contribution in [0.2, 0.25) is 0 Å². The van der Waals surface area contributed by atoms with Crippen molar-refractivity contribution in [3.63, 3.8) is 0 Å². The van der Waals surface area contributed by atoms with Crippen molar-refractivity contribution < 1.29 is 8.42 Å². The standard InChI is InChI=1S/C14H16BrClN2O2S/c15-10-1-2-13-12(9-10)17-14(3-6-16)18(13)11-4-7-21(19,20)8-5-11/h1-2,9,11H,3-8H2. The first-order chi connectivity index (χ1) is 10.00. The van der Waals surface area contributed by atoms with E-state index in [0.29, 0.717) is 25.1 Å². The zero-order valence-electron chi connectivity index (χ0n) is 11.4. The normalized spacial score (nSPS) is 19.1. The quantitative estimate of drug-likeness (QED) is 0.754. The maximum absolute atomic E-state index is 11.6. The van der Waals surface area contributed by atoms with Gasteiger partial charge in [0.15, 0.2) is 0 Å². The number of hydrogen-bond acceptors (Lipinski definition) is 3. The first-order valence-electron chi connectivity index (χ1n) is 6.93. The van der Waals surface area contributed by atoms with Crippen LogP contribution in [-0.4, -0.2) is 35.4 Å². The number of sulfone groups is 1. The third-order valence-corrected chi connectivity index (χ3v) is 6.33. The predicted octanol–water partition coefficient (Wildman–Crippen LogP) is 3.33. The van der Waals surface area contributed by atoms with Crippen LogP contribution in [0.15, 0.2) is 22.7 Å². The Balaban J connectivity index is 2.05. The molecule has 7 heteroatoms. The van der Waals surface area contributed by atoms with E-state index in [2.05, 4.69) is 25.5 Å². The summed E-state index contributed by atoms with van der Waals surface area (Å²) in [6.07, 6.45) is 2.00. The summed E-state index contributed by atoms with van der Waals surface area (Å²) in [4.78, 5) is 4.67. The molecule has 0 saturated carbocycles. The second-order valence-electron chi connectivity index (χ2n) is 5.35. The molecular formula is C14H16BrClN2O2S. The Hall–Kier alpha value is -0.590. The van der Waals surface area contributed by atoms with Crippen molar-refractivity contribution >= 4 is 48.4 Å². The van der Waals surface area contributed by atoms with Gasteiger partial charge in [-0.15, -0.1) is 11.6 Å². The number of rotatable bonds is 3. The molecule has 2 aromatic rings. The molecule has 2 heterocycles. The van der Waals surface area contributed by atoms with Crippen molar-refractivity contribution in [1.29, 1.82) is 0 Å². The third-order valence-electron chi connectivity index (χ3n) is 3.93. The number of alkyl halides is 1. The van der Waals surface area contributed by atoms with Crippen LogP contribution in [0.5, 0.6) is 0 Å². The number of hydrogen-bond donors (Lipinski definition) is 0. The van der Waals surface area contributed by atoms with Gasteiger partial charge < -0.3 is 4.57 Å². The molecule has 1 fully saturated rings. The average Bonchev–Trinajstić information content (AvgIpc) is 2.76. The van der Waals surface area contributed by atoms with Crippen LogP contribution >= 0.6 is 27.5 Å². The van der Waals surface area contributed by atoms with Gasteiger partial charge in [-0.3, -0.25) is 0 Å². The lowest BCUT2D eigenvalue weighted by molar-refractivity contribution is 0.447. The average molecular weight is 392 g/mol. The highest BCUT2D eigenvalue weighted by Crippen LogP contribution is 2.31. The number of aryl methyl sites for hydroxylation is 1.